The third-order valence-corrected chi connectivity index (χ3v) is 5.36. The van der Waals surface area contributed by atoms with Crippen LogP contribution in [0.5, 0.6) is 5.75 Å². The number of ketones is 1. The molecule has 0 saturated carbocycles. The Kier molecular flexibility index (Phi) is 7.37. The molecule has 0 saturated heterocycles. The Hall–Kier alpha value is -2.97. The minimum absolute atomic E-state index is 0.0172. The molecule has 0 fully saturated rings. The van der Waals surface area contributed by atoms with Crippen LogP contribution in [0.2, 0.25) is 0 Å². The second-order valence-corrected chi connectivity index (χ2v) is 7.53. The highest BCUT2D eigenvalue weighted by atomic mass is 32.2. The summed E-state index contributed by atoms with van der Waals surface area (Å²) in [7, 11) is 0. The van der Waals surface area contributed by atoms with Gasteiger partial charge in [0.05, 0.1) is 11.7 Å². The lowest BCUT2D eigenvalue weighted by Gasteiger charge is -2.13. The first-order chi connectivity index (χ1) is 14.5. The van der Waals surface area contributed by atoms with Gasteiger partial charge in [0.25, 0.3) is 0 Å². The molecule has 8 heteroatoms. The van der Waals surface area contributed by atoms with E-state index in [9.17, 15) is 14.3 Å². The highest BCUT2D eigenvalue weighted by Crippen LogP contribution is 2.26. The molecule has 3 rings (SSSR count). The number of Topliss-reactive ketones (excluding diaryl/α,β-unsaturated/α-hetero) is 1. The maximum absolute atomic E-state index is 14.2. The molecule has 6 nitrogen and oxygen atoms in total. The number of hydrogen-bond acceptors (Lipinski definition) is 6. The molecule has 0 aliphatic rings. The molecule has 1 N–H and O–H groups in total. The minimum atomic E-state index is -0.756. The third-order valence-electron chi connectivity index (χ3n) is 4.25. The minimum Gasteiger partial charge on any atom is -0.491 e. The van der Waals surface area contributed by atoms with Crippen LogP contribution in [0.3, 0.4) is 0 Å². The third kappa shape index (κ3) is 5.34. The van der Waals surface area contributed by atoms with E-state index in [-0.39, 0.29) is 18.2 Å². The summed E-state index contributed by atoms with van der Waals surface area (Å²) in [6.45, 7) is 5.74. The van der Waals surface area contributed by atoms with Crippen molar-refractivity contribution in [3.05, 3.63) is 72.6 Å². The number of hydrogen-bond donors (Lipinski definition) is 1. The van der Waals surface area contributed by atoms with Gasteiger partial charge >= 0.3 is 0 Å². The number of allylic oxidation sites excluding steroid dienone is 1. The monoisotopic (exact) mass is 427 g/mol. The molecule has 0 aliphatic heterocycles. The van der Waals surface area contributed by atoms with Crippen molar-refractivity contribution in [3.63, 3.8) is 0 Å². The second-order valence-electron chi connectivity index (χ2n) is 6.54. The molecule has 3 aromatic rings. The van der Waals surface area contributed by atoms with Gasteiger partial charge in [-0.25, -0.2) is 4.39 Å². The maximum atomic E-state index is 14.2. The van der Waals surface area contributed by atoms with E-state index in [1.165, 1.54) is 24.8 Å². The zero-order valence-electron chi connectivity index (χ0n) is 16.5. The van der Waals surface area contributed by atoms with Crippen LogP contribution in [0.15, 0.2) is 66.3 Å². The summed E-state index contributed by atoms with van der Waals surface area (Å²) < 4.78 is 21.5. The first-order valence-corrected chi connectivity index (χ1v) is 10.3. The summed E-state index contributed by atoms with van der Waals surface area (Å²) in [5.41, 5.74) is 0.960. The van der Waals surface area contributed by atoms with E-state index in [1.54, 1.807) is 53.1 Å². The molecule has 1 atom stereocenters. The van der Waals surface area contributed by atoms with Crippen molar-refractivity contribution in [2.75, 3.05) is 12.4 Å². The number of aliphatic hydroxyl groups excluding tert-OH is 1. The zero-order chi connectivity index (χ0) is 21.5. The molecule has 30 heavy (non-hydrogen) atoms. The number of benzene rings is 2. The number of thioether (sulfide) groups is 1. The predicted octanol–water partition coefficient (Wildman–Crippen LogP) is 4.00. The van der Waals surface area contributed by atoms with Crippen molar-refractivity contribution in [1.29, 1.82) is 0 Å². The van der Waals surface area contributed by atoms with Crippen molar-refractivity contribution in [2.45, 2.75) is 24.7 Å². The van der Waals surface area contributed by atoms with E-state index in [0.29, 0.717) is 40.2 Å². The molecule has 1 heterocycles. The van der Waals surface area contributed by atoms with Gasteiger partial charge in [0.1, 0.15) is 18.2 Å². The molecule has 156 valence electrons. The molecular formula is C22H22FN3O3S. The van der Waals surface area contributed by atoms with Gasteiger partial charge in [0, 0.05) is 17.9 Å². The fraction of sp³-hybridized carbons (Fsp3) is 0.227. The van der Waals surface area contributed by atoms with Crippen LogP contribution < -0.4 is 4.74 Å². The van der Waals surface area contributed by atoms with Crippen molar-refractivity contribution in [2.24, 2.45) is 0 Å². The lowest BCUT2D eigenvalue weighted by Crippen LogP contribution is -2.20. The molecule has 0 spiro atoms. The van der Waals surface area contributed by atoms with E-state index in [2.05, 4.69) is 16.8 Å². The number of aliphatic hydroxyl groups is 1. The topological polar surface area (TPSA) is 77.2 Å². The van der Waals surface area contributed by atoms with Gasteiger partial charge in [0.2, 0.25) is 0 Å². The zero-order valence-corrected chi connectivity index (χ0v) is 17.3. The first-order valence-electron chi connectivity index (χ1n) is 9.33. The maximum Gasteiger partial charge on any atom is 0.191 e. The van der Waals surface area contributed by atoms with Crippen molar-refractivity contribution >= 4 is 17.5 Å². The molecule has 0 bridgehead atoms. The Morgan fingerprint density at radius 3 is 2.67 bits per heavy atom. The van der Waals surface area contributed by atoms with Crippen LogP contribution in [0.25, 0.3) is 11.4 Å². The van der Waals surface area contributed by atoms with Crippen LogP contribution in [0, 0.1) is 5.82 Å². The fourth-order valence-electron chi connectivity index (χ4n) is 2.73. The van der Waals surface area contributed by atoms with E-state index in [1.807, 2.05) is 0 Å². The van der Waals surface area contributed by atoms with Crippen molar-refractivity contribution in [3.8, 4) is 17.1 Å². The van der Waals surface area contributed by atoms with Gasteiger partial charge in [-0.1, -0.05) is 30.0 Å². The van der Waals surface area contributed by atoms with Gasteiger partial charge in [-0.05, 0) is 43.3 Å². The Balaban J connectivity index is 1.61. The van der Waals surface area contributed by atoms with Crippen LogP contribution >= 0.6 is 11.8 Å². The summed E-state index contributed by atoms with van der Waals surface area (Å²) in [5, 5.41) is 19.1. The fourth-order valence-corrected chi connectivity index (χ4v) is 3.58. The standard InChI is InChI=1S/C22H22FN3O3S/c1-3-12-26-21(19-6-4-5-7-20(19)23)24-25-22(26)30-14-17(28)13-29-18-10-8-16(9-11-18)15(2)27/h3-11,17,28H,1,12-14H2,2H3. The highest BCUT2D eigenvalue weighted by Gasteiger charge is 2.17. The molecule has 2 aromatic carbocycles. The van der Waals surface area contributed by atoms with E-state index >= 15 is 0 Å². The van der Waals surface area contributed by atoms with E-state index in [4.69, 9.17) is 4.74 Å². The molecule has 0 aliphatic carbocycles. The molecule has 0 amide bonds. The highest BCUT2D eigenvalue weighted by molar-refractivity contribution is 7.99. The number of ether oxygens (including phenoxy) is 1. The number of nitrogens with zero attached hydrogens (tertiary/aromatic N) is 3. The smallest absolute Gasteiger partial charge is 0.191 e. The Bertz CT molecular complexity index is 1020. The number of aromatic nitrogens is 3. The summed E-state index contributed by atoms with van der Waals surface area (Å²) in [4.78, 5) is 11.3. The number of carbonyl (C=O) groups is 1. The summed E-state index contributed by atoms with van der Waals surface area (Å²) in [6.07, 6.45) is 0.926. The van der Waals surface area contributed by atoms with Crippen LogP contribution in [0.4, 0.5) is 4.39 Å². The predicted molar refractivity (Wildman–Crippen MR) is 114 cm³/mol. The largest absolute Gasteiger partial charge is 0.491 e. The van der Waals surface area contributed by atoms with Gasteiger partial charge < -0.3 is 9.84 Å². The van der Waals surface area contributed by atoms with Crippen molar-refractivity contribution in [1.82, 2.24) is 14.8 Å². The van der Waals surface area contributed by atoms with Crippen LogP contribution in [-0.2, 0) is 6.54 Å². The van der Waals surface area contributed by atoms with Crippen LogP contribution in [0.1, 0.15) is 17.3 Å². The Morgan fingerprint density at radius 2 is 2.00 bits per heavy atom. The van der Waals surface area contributed by atoms with Gasteiger partial charge in [-0.3, -0.25) is 9.36 Å². The normalized spacial score (nSPS) is 11.8. The lowest BCUT2D eigenvalue weighted by molar-refractivity contribution is 0.101. The average molecular weight is 428 g/mol. The second kappa shape index (κ2) is 10.2. The lowest BCUT2D eigenvalue weighted by atomic mass is 10.1. The Morgan fingerprint density at radius 1 is 1.27 bits per heavy atom. The summed E-state index contributed by atoms with van der Waals surface area (Å²) in [6, 6.07) is 13.1. The van der Waals surface area contributed by atoms with Gasteiger partial charge in [-0.15, -0.1) is 16.8 Å². The molecule has 0 radical (unpaired) electrons. The van der Waals surface area contributed by atoms with Crippen LogP contribution in [-0.4, -0.2) is 44.1 Å². The summed E-state index contributed by atoms with van der Waals surface area (Å²) in [5.74, 6) is 0.901. The Labute approximate surface area is 178 Å². The quantitative estimate of drug-likeness (QED) is 0.299. The van der Waals surface area contributed by atoms with Gasteiger partial charge in [0.15, 0.2) is 16.8 Å². The number of halogens is 1. The molecule has 1 unspecified atom stereocenters. The van der Waals surface area contributed by atoms with Crippen molar-refractivity contribution < 1.29 is 19.0 Å². The summed E-state index contributed by atoms with van der Waals surface area (Å²) >= 11 is 1.30. The van der Waals surface area contributed by atoms with E-state index < -0.39 is 6.10 Å². The number of carbonyl (C=O) groups excluding carboxylic acids is 1. The molecular weight excluding hydrogens is 405 g/mol. The first kappa shape index (κ1) is 21.7. The number of rotatable bonds is 10. The SMILES string of the molecule is C=CCn1c(SCC(O)COc2ccc(C(C)=O)cc2)nnc1-c1ccccc1F. The van der Waals surface area contributed by atoms with E-state index in [0.717, 1.165) is 0 Å². The molecule has 1 aromatic heterocycles. The van der Waals surface area contributed by atoms with Gasteiger partial charge in [-0.2, -0.15) is 0 Å². The average Bonchev–Trinajstić information content (AvgIpc) is 3.14.